The Morgan fingerprint density at radius 2 is 1.05 bits per heavy atom. The fourth-order valence-electron chi connectivity index (χ4n) is 0. The fourth-order valence-corrected chi connectivity index (χ4v) is 0. The molecule has 0 saturated heterocycles. The summed E-state index contributed by atoms with van der Waals surface area (Å²) in [6.07, 6.45) is 0. The molecule has 0 bridgehead atoms. The molecule has 0 fully saturated rings. The minimum absolute atomic E-state index is 0. The van der Waals surface area contributed by atoms with E-state index in [0.29, 0.717) is 5.76 Å². The maximum Gasteiger partial charge on any atom is 1.00 e. The van der Waals surface area contributed by atoms with Crippen LogP contribution < -0.4 is 5.11 Å². The first-order valence-electron chi connectivity index (χ1n) is 6.38. The van der Waals surface area contributed by atoms with E-state index in [2.05, 4.69) is 0 Å². The summed E-state index contributed by atoms with van der Waals surface area (Å²) in [5, 5.41) is 18.6. The quantitative estimate of drug-likeness (QED) is 0.667. The standard InChI is InChI=1S/C6H12O.2C5H10O/c1-5(7)6(2,3)4;2*1-4(2)5(3)6/h1-4H3;2*6H,1-3H3/p+1. The van der Waals surface area contributed by atoms with E-state index >= 15 is 0 Å². The molecule has 3 nitrogen and oxygen atoms in total. The average Bonchev–Trinajstić information content (AvgIpc) is 2.17. The van der Waals surface area contributed by atoms with Crippen LogP contribution in [0.5, 0.6) is 0 Å². The van der Waals surface area contributed by atoms with Gasteiger partial charge in [0, 0.05) is 5.41 Å². The van der Waals surface area contributed by atoms with E-state index in [4.69, 9.17) is 5.11 Å². The third-order valence-electron chi connectivity index (χ3n) is 2.48. The number of ketones is 1. The summed E-state index contributed by atoms with van der Waals surface area (Å²) in [4.78, 5) is 10.5. The number of carbonyl (C=O) groups is 1. The van der Waals surface area contributed by atoms with Crippen molar-refractivity contribution in [3.63, 3.8) is 0 Å². The van der Waals surface area contributed by atoms with Crippen molar-refractivity contribution < 1.29 is 17.9 Å². The summed E-state index contributed by atoms with van der Waals surface area (Å²) in [7, 11) is 0. The summed E-state index contributed by atoms with van der Waals surface area (Å²) in [5.41, 5.74) is 1.71. The van der Waals surface area contributed by atoms with Gasteiger partial charge in [-0.25, -0.2) is 0 Å². The molecular weight excluding hydrogens is 240 g/mol. The number of allylic oxidation sites excluding steroid dienone is 4. The minimum Gasteiger partial charge on any atom is -0.876 e. The Bertz CT molecular complexity index is 280. The molecule has 0 amide bonds. The Morgan fingerprint density at radius 3 is 1.05 bits per heavy atom. The molecule has 114 valence electrons. The maximum atomic E-state index is 10.5. The molecule has 0 aliphatic carbocycles. The molecular formula is C16H33O3+. The smallest absolute Gasteiger partial charge is 0.876 e. The minimum atomic E-state index is -0.139. The Hall–Kier alpha value is -1.25. The number of carbonyl (C=O) groups excluding carboxylic acids is 1. The Labute approximate surface area is 122 Å². The Kier molecular flexibility index (Phi) is 12.8. The van der Waals surface area contributed by atoms with Crippen LogP contribution >= 0.6 is 0 Å². The van der Waals surface area contributed by atoms with E-state index < -0.39 is 0 Å². The molecule has 0 saturated carbocycles. The number of aliphatic hydroxyl groups excluding tert-OH is 1. The van der Waals surface area contributed by atoms with Crippen LogP contribution in [-0.4, -0.2) is 10.9 Å². The lowest BCUT2D eigenvalue weighted by molar-refractivity contribution is -0.303. The molecule has 3 heteroatoms. The normalized spacial score (nSPS) is 9.16. The van der Waals surface area contributed by atoms with E-state index in [1.54, 1.807) is 20.8 Å². The van der Waals surface area contributed by atoms with Gasteiger partial charge in [0.05, 0.1) is 5.76 Å². The first kappa shape index (κ1) is 22.9. The highest BCUT2D eigenvalue weighted by molar-refractivity contribution is 5.80. The van der Waals surface area contributed by atoms with E-state index in [-0.39, 0.29) is 19.8 Å². The van der Waals surface area contributed by atoms with Crippen LogP contribution in [0.4, 0.5) is 0 Å². The monoisotopic (exact) mass is 273 g/mol. The van der Waals surface area contributed by atoms with Gasteiger partial charge in [0.15, 0.2) is 0 Å². The fraction of sp³-hybridized carbons (Fsp3) is 0.688. The number of hydrogen-bond donors (Lipinski definition) is 1. The van der Waals surface area contributed by atoms with Gasteiger partial charge >= 0.3 is 2.85 Å². The van der Waals surface area contributed by atoms with Gasteiger partial charge in [-0.05, 0) is 47.1 Å². The largest absolute Gasteiger partial charge is 1.00 e. The highest BCUT2D eigenvalue weighted by atomic mass is 16.3. The molecule has 0 atom stereocenters. The van der Waals surface area contributed by atoms with Crippen LogP contribution in [0.15, 0.2) is 22.7 Å². The van der Waals surface area contributed by atoms with E-state index in [9.17, 15) is 9.90 Å². The van der Waals surface area contributed by atoms with Gasteiger partial charge in [0.25, 0.3) is 0 Å². The second-order valence-electron chi connectivity index (χ2n) is 5.95. The number of rotatable bonds is 0. The molecule has 19 heavy (non-hydrogen) atoms. The number of hydrogen-bond acceptors (Lipinski definition) is 3. The van der Waals surface area contributed by atoms with Crippen molar-refractivity contribution in [3.8, 4) is 0 Å². The number of aliphatic hydroxyl groups is 1. The summed E-state index contributed by atoms with van der Waals surface area (Å²) >= 11 is 0. The van der Waals surface area contributed by atoms with Gasteiger partial charge in [0.2, 0.25) is 0 Å². The molecule has 0 heterocycles. The summed E-state index contributed by atoms with van der Waals surface area (Å²) in [6, 6.07) is 0. The van der Waals surface area contributed by atoms with Crippen molar-refractivity contribution in [1.82, 2.24) is 0 Å². The Balaban J connectivity index is -0.0000000584. The van der Waals surface area contributed by atoms with Crippen LogP contribution in [0, 0.1) is 5.41 Å². The van der Waals surface area contributed by atoms with Crippen molar-refractivity contribution in [2.24, 2.45) is 5.41 Å². The van der Waals surface area contributed by atoms with Crippen LogP contribution in [0.25, 0.3) is 0 Å². The molecule has 0 unspecified atom stereocenters. The van der Waals surface area contributed by atoms with Gasteiger partial charge in [-0.1, -0.05) is 33.3 Å². The second kappa shape index (κ2) is 10.7. The topological polar surface area (TPSA) is 60.4 Å². The molecule has 1 N–H and O–H groups in total. The number of Topliss-reactive ketones (excluding diaryl/α,β-unsaturated/α-hetero) is 1. The molecule has 0 rings (SSSR count). The maximum absolute atomic E-state index is 10.5. The van der Waals surface area contributed by atoms with Crippen LogP contribution in [-0.2, 0) is 4.79 Å². The first-order chi connectivity index (χ1) is 8.23. The molecule has 0 aromatic carbocycles. The van der Waals surface area contributed by atoms with Gasteiger partial charge in [-0.3, -0.25) is 4.79 Å². The average molecular weight is 273 g/mol. The van der Waals surface area contributed by atoms with Crippen molar-refractivity contribution in [1.29, 1.82) is 0 Å². The molecule has 0 radical (unpaired) electrons. The third kappa shape index (κ3) is 22.4. The van der Waals surface area contributed by atoms with Crippen molar-refractivity contribution in [2.45, 2.75) is 69.2 Å². The van der Waals surface area contributed by atoms with Crippen LogP contribution in [0.2, 0.25) is 0 Å². The second-order valence-corrected chi connectivity index (χ2v) is 5.95. The van der Waals surface area contributed by atoms with Gasteiger partial charge < -0.3 is 10.2 Å². The summed E-state index contributed by atoms with van der Waals surface area (Å²) < 4.78 is 0. The predicted octanol–water partition coefficient (Wildman–Crippen LogP) is 4.37. The molecule has 0 aromatic heterocycles. The van der Waals surface area contributed by atoms with Crippen molar-refractivity contribution >= 4 is 5.78 Å². The zero-order valence-corrected chi connectivity index (χ0v) is 14.3. The highest BCUT2D eigenvalue weighted by Crippen LogP contribution is 2.12. The van der Waals surface area contributed by atoms with E-state index in [1.807, 2.05) is 48.5 Å². The molecule has 0 aromatic rings. The zero-order chi connectivity index (χ0) is 16.4. The predicted molar refractivity (Wildman–Crippen MR) is 83.1 cm³/mol. The molecule has 0 aliphatic rings. The van der Waals surface area contributed by atoms with Crippen LogP contribution in [0.3, 0.4) is 0 Å². The van der Waals surface area contributed by atoms with Gasteiger partial charge in [-0.2, -0.15) is 0 Å². The molecule has 0 aliphatic heterocycles. The lowest BCUT2D eigenvalue weighted by Crippen LogP contribution is -2.15. The van der Waals surface area contributed by atoms with Crippen molar-refractivity contribution in [2.75, 3.05) is 0 Å². The summed E-state index contributed by atoms with van der Waals surface area (Å²) in [5.74, 6) is 0.845. The van der Waals surface area contributed by atoms with Crippen LogP contribution in [0.1, 0.15) is 72.1 Å². The lowest BCUT2D eigenvalue weighted by atomic mass is 9.92. The van der Waals surface area contributed by atoms with E-state index in [0.717, 1.165) is 11.1 Å². The summed E-state index contributed by atoms with van der Waals surface area (Å²) in [6.45, 7) is 17.9. The SMILES string of the molecule is CC(=O)C(C)(C)C.CC(C)=C(C)O.CC(C)=C(C)[O-].[H+].[H+]. The van der Waals surface area contributed by atoms with E-state index in [1.165, 1.54) is 0 Å². The highest BCUT2D eigenvalue weighted by Gasteiger charge is 2.14. The zero-order valence-electron chi connectivity index (χ0n) is 16.3. The van der Waals surface area contributed by atoms with Gasteiger partial charge in [0.1, 0.15) is 5.78 Å². The Morgan fingerprint density at radius 1 is 0.895 bits per heavy atom. The lowest BCUT2D eigenvalue weighted by Gasteiger charge is -2.11. The first-order valence-corrected chi connectivity index (χ1v) is 6.38. The van der Waals surface area contributed by atoms with Gasteiger partial charge in [-0.15, -0.1) is 5.76 Å². The van der Waals surface area contributed by atoms with Crippen molar-refractivity contribution in [3.05, 3.63) is 22.7 Å². The third-order valence-corrected chi connectivity index (χ3v) is 2.48. The molecule has 0 spiro atoms.